The molecule has 0 aromatic carbocycles. The molecule has 0 spiro atoms. The summed E-state index contributed by atoms with van der Waals surface area (Å²) in [6.07, 6.45) is -3.44. The lowest BCUT2D eigenvalue weighted by atomic mass is 9.88. The molecular weight excluding hydrogens is 182 g/mol. The van der Waals surface area contributed by atoms with Gasteiger partial charge >= 0.3 is 0 Å². The van der Waals surface area contributed by atoms with E-state index >= 15 is 0 Å². The van der Waals surface area contributed by atoms with Crippen molar-refractivity contribution in [1.82, 2.24) is 0 Å². The van der Waals surface area contributed by atoms with Crippen molar-refractivity contribution in [2.24, 2.45) is 0 Å². The number of hydrogen-bond donors (Lipinski definition) is 1. The van der Waals surface area contributed by atoms with Crippen LogP contribution in [0.15, 0.2) is 0 Å². The highest BCUT2D eigenvalue weighted by Crippen LogP contribution is 2.27. The SMILES string of the molecule is CCOC1C(O)CC1OCC(F)F. The summed E-state index contributed by atoms with van der Waals surface area (Å²) >= 11 is 0. The van der Waals surface area contributed by atoms with E-state index in [1.54, 1.807) is 6.92 Å². The van der Waals surface area contributed by atoms with Crippen LogP contribution in [0.3, 0.4) is 0 Å². The number of hydrogen-bond acceptors (Lipinski definition) is 3. The van der Waals surface area contributed by atoms with Gasteiger partial charge in [-0.05, 0) is 6.92 Å². The number of aliphatic hydroxyl groups is 1. The molecule has 0 saturated heterocycles. The molecule has 0 radical (unpaired) electrons. The van der Waals surface area contributed by atoms with Crippen molar-refractivity contribution in [3.8, 4) is 0 Å². The monoisotopic (exact) mass is 196 g/mol. The van der Waals surface area contributed by atoms with E-state index in [1.165, 1.54) is 0 Å². The van der Waals surface area contributed by atoms with Crippen LogP contribution in [0.5, 0.6) is 0 Å². The summed E-state index contributed by atoms with van der Waals surface area (Å²) in [6, 6.07) is 0. The highest BCUT2D eigenvalue weighted by Gasteiger charge is 2.41. The standard InChI is InChI=1S/C8H14F2O3/c1-2-12-8-5(11)3-6(8)13-4-7(9)10/h5-8,11H,2-4H2,1H3. The number of rotatable bonds is 5. The zero-order valence-electron chi connectivity index (χ0n) is 7.45. The van der Waals surface area contributed by atoms with Crippen LogP contribution in [0.25, 0.3) is 0 Å². The molecule has 0 heterocycles. The first-order valence-corrected chi connectivity index (χ1v) is 4.34. The van der Waals surface area contributed by atoms with Gasteiger partial charge in [-0.15, -0.1) is 0 Å². The molecule has 0 aliphatic heterocycles. The van der Waals surface area contributed by atoms with E-state index in [0.717, 1.165) is 0 Å². The topological polar surface area (TPSA) is 38.7 Å². The Morgan fingerprint density at radius 3 is 2.62 bits per heavy atom. The highest BCUT2D eigenvalue weighted by atomic mass is 19.3. The zero-order chi connectivity index (χ0) is 9.84. The van der Waals surface area contributed by atoms with Gasteiger partial charge in [0.15, 0.2) is 0 Å². The molecule has 0 aromatic heterocycles. The second-order valence-corrected chi connectivity index (χ2v) is 2.99. The molecule has 3 nitrogen and oxygen atoms in total. The molecule has 3 unspecified atom stereocenters. The summed E-state index contributed by atoms with van der Waals surface area (Å²) in [5, 5.41) is 9.18. The first-order chi connectivity index (χ1) is 6.15. The van der Waals surface area contributed by atoms with E-state index in [9.17, 15) is 13.9 Å². The minimum atomic E-state index is -2.46. The summed E-state index contributed by atoms with van der Waals surface area (Å²) in [6.45, 7) is 1.66. The number of halogens is 2. The van der Waals surface area contributed by atoms with E-state index in [-0.39, 0.29) is 6.10 Å². The fourth-order valence-corrected chi connectivity index (χ4v) is 1.33. The molecule has 1 rings (SSSR count). The first kappa shape index (κ1) is 10.8. The van der Waals surface area contributed by atoms with Gasteiger partial charge in [-0.2, -0.15) is 0 Å². The van der Waals surface area contributed by atoms with Crippen LogP contribution in [0.4, 0.5) is 8.78 Å². The van der Waals surface area contributed by atoms with Crippen molar-refractivity contribution in [3.63, 3.8) is 0 Å². The smallest absolute Gasteiger partial charge is 0.261 e. The minimum absolute atomic E-state index is 0.371. The maximum Gasteiger partial charge on any atom is 0.261 e. The first-order valence-electron chi connectivity index (χ1n) is 4.34. The van der Waals surface area contributed by atoms with E-state index in [1.807, 2.05) is 0 Å². The van der Waals surface area contributed by atoms with Crippen LogP contribution >= 0.6 is 0 Å². The molecule has 1 N–H and O–H groups in total. The van der Waals surface area contributed by atoms with Gasteiger partial charge in [0.05, 0.1) is 12.2 Å². The summed E-state index contributed by atoms with van der Waals surface area (Å²) in [5.74, 6) is 0. The van der Waals surface area contributed by atoms with Crippen molar-refractivity contribution in [1.29, 1.82) is 0 Å². The molecular formula is C8H14F2O3. The average Bonchev–Trinajstić information content (AvgIpc) is 2.07. The Kier molecular flexibility index (Phi) is 4.02. The molecule has 78 valence electrons. The summed E-state index contributed by atoms with van der Waals surface area (Å²) in [7, 11) is 0. The highest BCUT2D eigenvalue weighted by molar-refractivity contribution is 4.91. The Morgan fingerprint density at radius 2 is 2.15 bits per heavy atom. The molecule has 0 aromatic rings. The van der Waals surface area contributed by atoms with Gasteiger partial charge < -0.3 is 14.6 Å². The molecule has 5 heteroatoms. The van der Waals surface area contributed by atoms with E-state index in [0.29, 0.717) is 13.0 Å². The van der Waals surface area contributed by atoms with Crippen LogP contribution in [0, 0.1) is 0 Å². The third-order valence-corrected chi connectivity index (χ3v) is 2.01. The third-order valence-electron chi connectivity index (χ3n) is 2.01. The van der Waals surface area contributed by atoms with E-state index in [2.05, 4.69) is 0 Å². The average molecular weight is 196 g/mol. The quantitative estimate of drug-likeness (QED) is 0.707. The summed E-state index contributed by atoms with van der Waals surface area (Å²) in [4.78, 5) is 0. The lowest BCUT2D eigenvalue weighted by molar-refractivity contribution is -0.199. The van der Waals surface area contributed by atoms with Gasteiger partial charge in [0.1, 0.15) is 12.7 Å². The Balaban J connectivity index is 2.20. The maximum atomic E-state index is 11.7. The van der Waals surface area contributed by atoms with Crippen LogP contribution in [-0.4, -0.2) is 43.1 Å². The molecule has 1 fully saturated rings. The fourth-order valence-electron chi connectivity index (χ4n) is 1.33. The van der Waals surface area contributed by atoms with Crippen molar-refractivity contribution < 1.29 is 23.4 Å². The molecule has 13 heavy (non-hydrogen) atoms. The minimum Gasteiger partial charge on any atom is -0.390 e. The van der Waals surface area contributed by atoms with Crippen LogP contribution in [0.1, 0.15) is 13.3 Å². The zero-order valence-corrected chi connectivity index (χ0v) is 7.45. The number of aliphatic hydroxyl groups excluding tert-OH is 1. The fraction of sp³-hybridized carbons (Fsp3) is 1.00. The lowest BCUT2D eigenvalue weighted by Crippen LogP contribution is -2.54. The van der Waals surface area contributed by atoms with Gasteiger partial charge in [0.2, 0.25) is 0 Å². The van der Waals surface area contributed by atoms with Gasteiger partial charge in [-0.25, -0.2) is 8.78 Å². The predicted octanol–water partition coefficient (Wildman–Crippen LogP) is 0.806. The van der Waals surface area contributed by atoms with Gasteiger partial charge in [-0.1, -0.05) is 0 Å². The summed E-state index contributed by atoms with van der Waals surface area (Å²) < 4.78 is 33.4. The Morgan fingerprint density at radius 1 is 1.46 bits per heavy atom. The van der Waals surface area contributed by atoms with Crippen LogP contribution in [-0.2, 0) is 9.47 Å². The number of alkyl halides is 2. The summed E-state index contributed by atoms with van der Waals surface area (Å²) in [5.41, 5.74) is 0. The molecule has 3 atom stereocenters. The lowest BCUT2D eigenvalue weighted by Gasteiger charge is -2.40. The normalized spacial score (nSPS) is 33.5. The van der Waals surface area contributed by atoms with Crippen molar-refractivity contribution in [2.45, 2.75) is 38.1 Å². The molecule has 1 aliphatic carbocycles. The Bertz CT molecular complexity index is 154. The van der Waals surface area contributed by atoms with E-state index < -0.39 is 25.2 Å². The predicted molar refractivity (Wildman–Crippen MR) is 41.8 cm³/mol. The van der Waals surface area contributed by atoms with Gasteiger partial charge in [0, 0.05) is 13.0 Å². The maximum absolute atomic E-state index is 11.7. The molecule has 0 amide bonds. The molecule has 1 aliphatic rings. The molecule has 1 saturated carbocycles. The van der Waals surface area contributed by atoms with Gasteiger partial charge in [-0.3, -0.25) is 0 Å². The van der Waals surface area contributed by atoms with Crippen molar-refractivity contribution in [2.75, 3.05) is 13.2 Å². The molecule has 0 bridgehead atoms. The second kappa shape index (κ2) is 4.83. The second-order valence-electron chi connectivity index (χ2n) is 2.99. The van der Waals surface area contributed by atoms with Crippen LogP contribution < -0.4 is 0 Å². The van der Waals surface area contributed by atoms with Gasteiger partial charge in [0.25, 0.3) is 6.43 Å². The Labute approximate surface area is 75.6 Å². The van der Waals surface area contributed by atoms with Crippen LogP contribution in [0.2, 0.25) is 0 Å². The Hall–Kier alpha value is -0.260. The largest absolute Gasteiger partial charge is 0.390 e. The van der Waals surface area contributed by atoms with E-state index in [4.69, 9.17) is 9.47 Å². The van der Waals surface area contributed by atoms with Crippen molar-refractivity contribution >= 4 is 0 Å². The van der Waals surface area contributed by atoms with Crippen molar-refractivity contribution in [3.05, 3.63) is 0 Å². The third kappa shape index (κ3) is 2.86. The number of ether oxygens (including phenoxy) is 2.